The van der Waals surface area contributed by atoms with E-state index in [0.29, 0.717) is 16.3 Å². The van der Waals surface area contributed by atoms with Crippen molar-refractivity contribution in [3.63, 3.8) is 0 Å². The van der Waals surface area contributed by atoms with Gasteiger partial charge in [-0.1, -0.05) is 92.6 Å². The molecule has 3 aliphatic rings. The number of nitrogens with zero attached hydrogens (tertiary/aromatic N) is 1. The van der Waals surface area contributed by atoms with E-state index in [-0.39, 0.29) is 17.5 Å². The van der Waals surface area contributed by atoms with Gasteiger partial charge in [-0.3, -0.25) is 14.4 Å². The van der Waals surface area contributed by atoms with Gasteiger partial charge in [0.05, 0.1) is 12.0 Å². The number of halogens is 1. The highest BCUT2D eigenvalue weighted by atomic mass is 35.5. The Balaban J connectivity index is 1.68. The highest BCUT2D eigenvalue weighted by molar-refractivity contribution is 6.31. The Hall–Kier alpha value is -3.70. The lowest BCUT2D eigenvalue weighted by Gasteiger charge is -2.38. The molecule has 3 aliphatic heterocycles. The van der Waals surface area contributed by atoms with Crippen molar-refractivity contribution in [3.8, 4) is 0 Å². The average Bonchev–Trinajstić information content (AvgIpc) is 3.35. The Labute approximate surface area is 227 Å². The van der Waals surface area contributed by atoms with Gasteiger partial charge in [-0.05, 0) is 42.3 Å². The van der Waals surface area contributed by atoms with Gasteiger partial charge in [0, 0.05) is 27.4 Å². The first-order valence-electron chi connectivity index (χ1n) is 12.9. The quantitative estimate of drug-likeness (QED) is 0.412. The number of fused-ring (bicyclic) bond motifs is 6. The zero-order valence-electron chi connectivity index (χ0n) is 21.8. The minimum atomic E-state index is -1.29. The molecule has 3 heterocycles. The van der Waals surface area contributed by atoms with Crippen LogP contribution in [0, 0.1) is 18.3 Å². The molecule has 3 aromatic carbocycles. The third-order valence-corrected chi connectivity index (χ3v) is 8.46. The Morgan fingerprint density at radius 1 is 1.00 bits per heavy atom. The second-order valence-electron chi connectivity index (χ2n) is 11.6. The summed E-state index contributed by atoms with van der Waals surface area (Å²) < 4.78 is 0. The molecule has 1 N–H and O–H groups in total. The lowest BCUT2D eigenvalue weighted by atomic mass is 9.63. The van der Waals surface area contributed by atoms with E-state index < -0.39 is 28.8 Å². The average molecular weight is 525 g/mol. The highest BCUT2D eigenvalue weighted by Gasteiger charge is 2.70. The van der Waals surface area contributed by atoms with Crippen molar-refractivity contribution >= 4 is 46.5 Å². The Bertz CT molecular complexity index is 1530. The van der Waals surface area contributed by atoms with Crippen molar-refractivity contribution < 1.29 is 14.4 Å². The summed E-state index contributed by atoms with van der Waals surface area (Å²) in [5, 5.41) is 3.64. The molecule has 1 spiro atoms. The van der Waals surface area contributed by atoms with Crippen LogP contribution in [0.4, 0.5) is 11.4 Å². The van der Waals surface area contributed by atoms with E-state index in [0.717, 1.165) is 22.4 Å². The molecule has 0 saturated carbocycles. The largest absolute Gasteiger partial charge is 0.352 e. The summed E-state index contributed by atoms with van der Waals surface area (Å²) in [5.41, 5.74) is 2.54. The summed E-state index contributed by atoms with van der Waals surface area (Å²) in [7, 11) is 0. The predicted molar refractivity (Wildman–Crippen MR) is 151 cm³/mol. The second kappa shape index (κ2) is 8.40. The molecule has 0 aliphatic carbocycles. The van der Waals surface area contributed by atoms with Crippen LogP contribution in [0.15, 0.2) is 72.8 Å². The van der Waals surface area contributed by atoms with E-state index in [1.807, 2.05) is 93.3 Å². The van der Waals surface area contributed by atoms with E-state index in [2.05, 4.69) is 5.32 Å². The van der Waals surface area contributed by atoms with Gasteiger partial charge < -0.3 is 10.2 Å². The monoisotopic (exact) mass is 524 g/mol. The topological polar surface area (TPSA) is 66.5 Å². The summed E-state index contributed by atoms with van der Waals surface area (Å²) in [6, 6.07) is 19.0. The number of hydrogen-bond acceptors (Lipinski definition) is 4. The number of Topliss-reactive ketones (excluding diaryl/α,β-unsaturated/α-hetero) is 2. The van der Waals surface area contributed by atoms with Crippen LogP contribution in [-0.4, -0.2) is 29.6 Å². The minimum Gasteiger partial charge on any atom is -0.352 e. The summed E-state index contributed by atoms with van der Waals surface area (Å²) in [6.07, 6.45) is 3.92. The predicted octanol–water partition coefficient (Wildman–Crippen LogP) is 6.24. The maximum absolute atomic E-state index is 14.6. The molecule has 0 unspecified atom stereocenters. The number of carbonyl (C=O) groups is 3. The van der Waals surface area contributed by atoms with E-state index in [4.69, 9.17) is 11.6 Å². The van der Waals surface area contributed by atoms with Crippen molar-refractivity contribution in [1.82, 2.24) is 0 Å². The number of amides is 1. The van der Waals surface area contributed by atoms with E-state index >= 15 is 0 Å². The van der Waals surface area contributed by atoms with Crippen molar-refractivity contribution in [1.29, 1.82) is 0 Å². The summed E-state index contributed by atoms with van der Waals surface area (Å²) in [6.45, 7) is 7.57. The van der Waals surface area contributed by atoms with Gasteiger partial charge in [0.25, 0.3) is 0 Å². The zero-order chi connectivity index (χ0) is 27.0. The van der Waals surface area contributed by atoms with Crippen LogP contribution in [0.3, 0.4) is 0 Å². The highest BCUT2D eigenvalue weighted by Crippen LogP contribution is 2.58. The molecule has 3 aromatic rings. The molecule has 6 rings (SSSR count). The van der Waals surface area contributed by atoms with E-state index in [9.17, 15) is 14.4 Å². The molecular formula is C32H29ClN2O3. The van der Waals surface area contributed by atoms with Crippen molar-refractivity contribution in [3.05, 3.63) is 100 Å². The molecule has 4 atom stereocenters. The van der Waals surface area contributed by atoms with E-state index in [1.165, 1.54) is 0 Å². The number of ketones is 2. The van der Waals surface area contributed by atoms with Crippen LogP contribution in [0.25, 0.3) is 6.08 Å². The molecule has 1 fully saturated rings. The van der Waals surface area contributed by atoms with Crippen LogP contribution < -0.4 is 10.2 Å². The fraction of sp³-hybridized carbons (Fsp3) is 0.281. The first kappa shape index (κ1) is 24.6. The molecular weight excluding hydrogens is 496 g/mol. The number of rotatable bonds is 3. The number of aryl methyl sites for hydroxylation is 1. The summed E-state index contributed by atoms with van der Waals surface area (Å²) in [4.78, 5) is 45.3. The van der Waals surface area contributed by atoms with Crippen molar-refractivity contribution in [2.75, 3.05) is 10.2 Å². The maximum Gasteiger partial charge on any atom is 0.238 e. The molecule has 1 saturated heterocycles. The molecule has 1 amide bonds. The number of benzene rings is 3. The summed E-state index contributed by atoms with van der Waals surface area (Å²) in [5.74, 6) is -1.50. The van der Waals surface area contributed by atoms with Gasteiger partial charge in [-0.25, -0.2) is 0 Å². The fourth-order valence-corrected chi connectivity index (χ4v) is 6.67. The maximum atomic E-state index is 14.6. The molecule has 0 radical (unpaired) electrons. The smallest absolute Gasteiger partial charge is 0.238 e. The van der Waals surface area contributed by atoms with Gasteiger partial charge in [-0.2, -0.15) is 0 Å². The van der Waals surface area contributed by atoms with Gasteiger partial charge in [0.1, 0.15) is 11.5 Å². The van der Waals surface area contributed by atoms with E-state index in [1.54, 1.807) is 18.2 Å². The number of hydrogen-bond donors (Lipinski definition) is 1. The molecule has 0 bridgehead atoms. The first-order chi connectivity index (χ1) is 18.0. The normalized spacial score (nSPS) is 25.1. The molecule has 0 aromatic heterocycles. The molecule has 192 valence electrons. The van der Waals surface area contributed by atoms with Gasteiger partial charge in [0.15, 0.2) is 11.6 Å². The van der Waals surface area contributed by atoms with Gasteiger partial charge >= 0.3 is 0 Å². The number of anilines is 2. The number of nitrogens with one attached hydrogen (secondary N) is 1. The van der Waals surface area contributed by atoms with Crippen molar-refractivity contribution in [2.24, 2.45) is 11.3 Å². The standard InChI is InChI=1S/C32H29ClN2O3/c1-18-9-11-19(12-10-18)28(36)26-27(29(37)31(2,3)4)35-24-15-14-21(33)17-20(24)13-16-25(35)32(26)22-7-5-6-8-23(22)34-30(32)38/h5-17,25-27H,1-4H3,(H,34,38)/t25-,26-,27+,32+/m0/s1. The lowest BCUT2D eigenvalue weighted by Crippen LogP contribution is -2.51. The van der Waals surface area contributed by atoms with Crippen LogP contribution in [0.1, 0.15) is 47.8 Å². The Morgan fingerprint density at radius 3 is 2.42 bits per heavy atom. The Morgan fingerprint density at radius 2 is 1.71 bits per heavy atom. The van der Waals surface area contributed by atoms with Gasteiger partial charge in [0.2, 0.25) is 5.91 Å². The molecule has 6 heteroatoms. The second-order valence-corrected chi connectivity index (χ2v) is 12.0. The third-order valence-electron chi connectivity index (χ3n) is 8.22. The van der Waals surface area contributed by atoms with Crippen LogP contribution >= 0.6 is 11.6 Å². The van der Waals surface area contributed by atoms with Crippen molar-refractivity contribution in [2.45, 2.75) is 45.2 Å². The minimum absolute atomic E-state index is 0.0850. The SMILES string of the molecule is Cc1ccc(C(=O)[C@@H]2[C@H](C(=O)C(C)(C)C)N3c4ccc(Cl)cc4C=C[C@H]3[C@@]23C(=O)Nc2ccccc23)cc1. The first-order valence-corrected chi connectivity index (χ1v) is 13.2. The Kier molecular flexibility index (Phi) is 5.45. The molecule has 5 nitrogen and oxygen atoms in total. The van der Waals surface area contributed by atoms with Gasteiger partial charge in [-0.15, -0.1) is 0 Å². The lowest BCUT2D eigenvalue weighted by molar-refractivity contribution is -0.128. The third kappa shape index (κ3) is 3.34. The number of para-hydroxylation sites is 1. The summed E-state index contributed by atoms with van der Waals surface area (Å²) >= 11 is 6.34. The molecule has 38 heavy (non-hydrogen) atoms. The van der Waals surface area contributed by atoms with Crippen LogP contribution in [0.2, 0.25) is 5.02 Å². The van der Waals surface area contributed by atoms with Crippen LogP contribution in [-0.2, 0) is 15.0 Å². The number of carbonyl (C=O) groups excluding carboxylic acids is 3. The fourth-order valence-electron chi connectivity index (χ4n) is 6.49. The van der Waals surface area contributed by atoms with Crippen LogP contribution in [0.5, 0.6) is 0 Å². The zero-order valence-corrected chi connectivity index (χ0v) is 22.5.